The molecule has 0 unspecified atom stereocenters. The maximum Gasteiger partial charge on any atom is 0.307 e. The van der Waals surface area contributed by atoms with Crippen LogP contribution in [0.25, 0.3) is 0 Å². The molecule has 0 amide bonds. The summed E-state index contributed by atoms with van der Waals surface area (Å²) in [6, 6.07) is -0.00130. The predicted octanol–water partition coefficient (Wildman–Crippen LogP) is 1.85. The van der Waals surface area contributed by atoms with E-state index in [2.05, 4.69) is 0 Å². The third-order valence-corrected chi connectivity index (χ3v) is 2.58. The lowest BCUT2D eigenvalue weighted by atomic mass is 9.79. The molecule has 3 heteroatoms. The molecule has 2 N–H and O–H groups in total. The first-order valence-electron chi connectivity index (χ1n) is 5.36. The lowest BCUT2D eigenvalue weighted by Crippen LogP contribution is -2.38. The van der Waals surface area contributed by atoms with Crippen LogP contribution in [0.1, 0.15) is 46.5 Å². The van der Waals surface area contributed by atoms with Crippen molar-refractivity contribution < 1.29 is 9.53 Å². The van der Waals surface area contributed by atoms with E-state index < -0.39 is 5.60 Å². The van der Waals surface area contributed by atoms with Gasteiger partial charge < -0.3 is 10.5 Å². The Morgan fingerprint density at radius 3 is 2.43 bits per heavy atom. The minimum absolute atomic E-state index is 0.00130. The Kier molecular flexibility index (Phi) is 3.53. The van der Waals surface area contributed by atoms with Gasteiger partial charge in [0.2, 0.25) is 0 Å². The first-order chi connectivity index (χ1) is 6.38. The topological polar surface area (TPSA) is 52.3 Å². The summed E-state index contributed by atoms with van der Waals surface area (Å²) in [6.45, 7) is 5.62. The number of hydrogen-bond donors (Lipinski definition) is 1. The van der Waals surface area contributed by atoms with Gasteiger partial charge in [0.1, 0.15) is 5.60 Å². The molecule has 0 aromatic carbocycles. The van der Waals surface area contributed by atoms with Crippen LogP contribution in [0, 0.1) is 5.92 Å². The molecule has 1 saturated carbocycles. The van der Waals surface area contributed by atoms with E-state index in [0.29, 0.717) is 12.3 Å². The molecular formula is C11H21NO2. The number of nitrogens with two attached hydrogens (primary N) is 1. The van der Waals surface area contributed by atoms with E-state index in [1.165, 1.54) is 19.3 Å². The predicted molar refractivity (Wildman–Crippen MR) is 55.8 cm³/mol. The second kappa shape index (κ2) is 4.30. The lowest BCUT2D eigenvalue weighted by molar-refractivity contribution is -0.155. The second-order valence-corrected chi connectivity index (χ2v) is 5.15. The molecule has 82 valence electrons. The highest BCUT2D eigenvalue weighted by atomic mass is 16.6. The number of hydrogen-bond acceptors (Lipinski definition) is 3. The molecule has 0 heterocycles. The third-order valence-electron chi connectivity index (χ3n) is 2.58. The molecule has 0 aromatic rings. The minimum Gasteiger partial charge on any atom is -0.460 e. The summed E-state index contributed by atoms with van der Waals surface area (Å²) in [5.74, 6) is 0.374. The highest BCUT2D eigenvalue weighted by molar-refractivity contribution is 5.70. The monoisotopic (exact) mass is 199 g/mol. The fraction of sp³-hybridized carbons (Fsp3) is 0.909. The minimum atomic E-state index is -0.392. The number of carbonyl (C=O) groups excluding carboxylic acids is 1. The molecule has 14 heavy (non-hydrogen) atoms. The summed E-state index contributed by atoms with van der Waals surface area (Å²) in [6.07, 6.45) is 3.96. The summed E-state index contributed by atoms with van der Waals surface area (Å²) in [7, 11) is 0. The Bertz CT molecular complexity index is 204. The highest BCUT2D eigenvalue weighted by Crippen LogP contribution is 2.30. The number of ether oxygens (including phenoxy) is 1. The maximum absolute atomic E-state index is 11.4. The van der Waals surface area contributed by atoms with E-state index >= 15 is 0 Å². The van der Waals surface area contributed by atoms with Gasteiger partial charge in [0.05, 0.1) is 6.42 Å². The van der Waals surface area contributed by atoms with Crippen molar-refractivity contribution in [3.63, 3.8) is 0 Å². The number of carbonyl (C=O) groups is 1. The average Bonchev–Trinajstić information content (AvgIpc) is 1.75. The first kappa shape index (κ1) is 11.5. The zero-order valence-corrected chi connectivity index (χ0v) is 9.38. The van der Waals surface area contributed by atoms with E-state index in [9.17, 15) is 4.79 Å². The van der Waals surface area contributed by atoms with Gasteiger partial charge in [-0.25, -0.2) is 0 Å². The molecule has 1 aliphatic carbocycles. The SMILES string of the molecule is CC(C)(C)OC(=O)C[C@H](N)C1CCC1. The van der Waals surface area contributed by atoms with Crippen molar-refractivity contribution in [1.29, 1.82) is 0 Å². The molecule has 0 aromatic heterocycles. The van der Waals surface area contributed by atoms with Crippen molar-refractivity contribution in [3.05, 3.63) is 0 Å². The zero-order valence-electron chi connectivity index (χ0n) is 9.38. The third kappa shape index (κ3) is 3.66. The Morgan fingerprint density at radius 1 is 1.50 bits per heavy atom. The van der Waals surface area contributed by atoms with Crippen molar-refractivity contribution in [1.82, 2.24) is 0 Å². The standard InChI is InChI=1S/C11H21NO2/c1-11(2,3)14-10(13)7-9(12)8-5-4-6-8/h8-9H,4-7,12H2,1-3H3/t9-/m0/s1. The van der Waals surface area contributed by atoms with E-state index in [1.54, 1.807) is 0 Å². The normalized spacial score (nSPS) is 20.0. The molecular weight excluding hydrogens is 178 g/mol. The van der Waals surface area contributed by atoms with Crippen molar-refractivity contribution in [2.45, 2.75) is 58.1 Å². The van der Waals surface area contributed by atoms with Gasteiger partial charge in [0.15, 0.2) is 0 Å². The van der Waals surface area contributed by atoms with Crippen molar-refractivity contribution in [2.24, 2.45) is 11.7 Å². The van der Waals surface area contributed by atoms with Gasteiger partial charge in [-0.05, 0) is 39.5 Å². The lowest BCUT2D eigenvalue weighted by Gasteiger charge is -2.31. The van der Waals surface area contributed by atoms with Crippen LogP contribution in [0.3, 0.4) is 0 Å². The van der Waals surface area contributed by atoms with Crippen LogP contribution < -0.4 is 5.73 Å². The molecule has 0 radical (unpaired) electrons. The Hall–Kier alpha value is -0.570. The molecule has 1 fully saturated rings. The summed E-state index contributed by atoms with van der Waals surface area (Å²) >= 11 is 0. The van der Waals surface area contributed by atoms with Crippen molar-refractivity contribution >= 4 is 5.97 Å². The van der Waals surface area contributed by atoms with Crippen LogP contribution in [-0.4, -0.2) is 17.6 Å². The summed E-state index contributed by atoms with van der Waals surface area (Å²) < 4.78 is 5.21. The van der Waals surface area contributed by atoms with Crippen LogP contribution in [0.5, 0.6) is 0 Å². The smallest absolute Gasteiger partial charge is 0.307 e. The number of rotatable bonds is 3. The Morgan fingerprint density at radius 2 is 2.07 bits per heavy atom. The van der Waals surface area contributed by atoms with Crippen molar-refractivity contribution in [3.8, 4) is 0 Å². The second-order valence-electron chi connectivity index (χ2n) is 5.15. The molecule has 1 aliphatic rings. The molecule has 3 nitrogen and oxygen atoms in total. The van der Waals surface area contributed by atoms with Crippen LogP contribution in [0.4, 0.5) is 0 Å². The van der Waals surface area contributed by atoms with Crippen LogP contribution in [-0.2, 0) is 9.53 Å². The van der Waals surface area contributed by atoms with Gasteiger partial charge in [-0.1, -0.05) is 6.42 Å². The van der Waals surface area contributed by atoms with Crippen LogP contribution in [0.2, 0.25) is 0 Å². The Labute approximate surface area is 86.0 Å². The first-order valence-corrected chi connectivity index (χ1v) is 5.36. The summed E-state index contributed by atoms with van der Waals surface area (Å²) in [4.78, 5) is 11.4. The van der Waals surface area contributed by atoms with Crippen LogP contribution >= 0.6 is 0 Å². The van der Waals surface area contributed by atoms with Gasteiger partial charge in [0, 0.05) is 6.04 Å². The average molecular weight is 199 g/mol. The van der Waals surface area contributed by atoms with Crippen LogP contribution in [0.15, 0.2) is 0 Å². The molecule has 0 bridgehead atoms. The number of esters is 1. The Balaban J connectivity index is 2.25. The van der Waals surface area contributed by atoms with Crippen molar-refractivity contribution in [2.75, 3.05) is 0 Å². The van der Waals surface area contributed by atoms with Gasteiger partial charge in [-0.2, -0.15) is 0 Å². The van der Waals surface area contributed by atoms with E-state index in [4.69, 9.17) is 10.5 Å². The molecule has 0 spiro atoms. The molecule has 0 saturated heterocycles. The molecule has 1 atom stereocenters. The van der Waals surface area contributed by atoms with Gasteiger partial charge in [-0.3, -0.25) is 4.79 Å². The highest BCUT2D eigenvalue weighted by Gasteiger charge is 2.27. The summed E-state index contributed by atoms with van der Waals surface area (Å²) in [5, 5.41) is 0. The van der Waals surface area contributed by atoms with Gasteiger partial charge >= 0.3 is 5.97 Å². The zero-order chi connectivity index (χ0) is 10.8. The van der Waals surface area contributed by atoms with E-state index in [1.807, 2.05) is 20.8 Å². The van der Waals surface area contributed by atoms with E-state index in [0.717, 1.165) is 0 Å². The van der Waals surface area contributed by atoms with Gasteiger partial charge in [-0.15, -0.1) is 0 Å². The summed E-state index contributed by atoms with van der Waals surface area (Å²) in [5.41, 5.74) is 5.51. The largest absolute Gasteiger partial charge is 0.460 e. The van der Waals surface area contributed by atoms with E-state index in [-0.39, 0.29) is 12.0 Å². The fourth-order valence-corrected chi connectivity index (χ4v) is 1.61. The quantitative estimate of drug-likeness (QED) is 0.706. The fourth-order valence-electron chi connectivity index (χ4n) is 1.61. The maximum atomic E-state index is 11.4. The van der Waals surface area contributed by atoms with Gasteiger partial charge in [0.25, 0.3) is 0 Å². The molecule has 1 rings (SSSR count). The molecule has 0 aliphatic heterocycles.